The number of ether oxygens (including phenoxy) is 1. The number of carbonyl (C=O) groups is 1. The average molecular weight is 314 g/mol. The lowest BCUT2D eigenvalue weighted by molar-refractivity contribution is -0.118. The van der Waals surface area contributed by atoms with E-state index in [1.54, 1.807) is 0 Å². The molecule has 0 atom stereocenters. The molecule has 0 bridgehead atoms. The van der Waals surface area contributed by atoms with Crippen LogP contribution in [0.3, 0.4) is 0 Å². The number of sulfonamides is 1. The minimum absolute atomic E-state index is 0.0378. The summed E-state index contributed by atoms with van der Waals surface area (Å²) < 4.78 is 31.5. The number of carbonyl (C=O) groups excluding carboxylic acids is 1. The largest absolute Gasteiger partial charge is 0.482 e. The standard InChI is InChI=1S/C13H18N2O5S/c1-2-5-15(6-7-16)21(18,19)10-3-4-12-11(8-10)14-13(17)9-20-12/h3-4,8,16H,2,5-7,9H2,1H3,(H,14,17). The molecule has 1 aromatic rings. The van der Waals surface area contributed by atoms with E-state index in [-0.39, 0.29) is 30.6 Å². The van der Waals surface area contributed by atoms with Gasteiger partial charge in [0.15, 0.2) is 6.61 Å². The highest BCUT2D eigenvalue weighted by atomic mass is 32.2. The zero-order valence-corrected chi connectivity index (χ0v) is 12.5. The van der Waals surface area contributed by atoms with Gasteiger partial charge in [-0.05, 0) is 24.6 Å². The van der Waals surface area contributed by atoms with Crippen LogP contribution < -0.4 is 10.1 Å². The normalized spacial score (nSPS) is 14.5. The van der Waals surface area contributed by atoms with Gasteiger partial charge in [0.1, 0.15) is 5.75 Å². The van der Waals surface area contributed by atoms with Crippen molar-refractivity contribution in [2.45, 2.75) is 18.2 Å². The van der Waals surface area contributed by atoms with Gasteiger partial charge in [0.2, 0.25) is 10.0 Å². The molecule has 0 saturated carbocycles. The second kappa shape index (κ2) is 6.42. The van der Waals surface area contributed by atoms with Crippen LogP contribution in [0.15, 0.2) is 23.1 Å². The SMILES string of the molecule is CCCN(CCO)S(=O)(=O)c1ccc2c(c1)NC(=O)CO2. The molecule has 1 heterocycles. The van der Waals surface area contributed by atoms with Gasteiger partial charge in [-0.15, -0.1) is 0 Å². The van der Waals surface area contributed by atoms with Crippen LogP contribution in [-0.2, 0) is 14.8 Å². The van der Waals surface area contributed by atoms with Crippen molar-refractivity contribution in [1.82, 2.24) is 4.31 Å². The van der Waals surface area contributed by atoms with Gasteiger partial charge in [-0.25, -0.2) is 8.42 Å². The van der Waals surface area contributed by atoms with Crippen LogP contribution in [-0.4, -0.2) is 50.0 Å². The van der Waals surface area contributed by atoms with Crippen LogP contribution in [0.4, 0.5) is 5.69 Å². The van der Waals surface area contributed by atoms with Crippen LogP contribution in [0.2, 0.25) is 0 Å². The Morgan fingerprint density at radius 3 is 2.81 bits per heavy atom. The van der Waals surface area contributed by atoms with Crippen molar-refractivity contribution in [3.63, 3.8) is 0 Å². The molecular formula is C13H18N2O5S. The van der Waals surface area contributed by atoms with E-state index >= 15 is 0 Å². The Balaban J connectivity index is 2.35. The Kier molecular flexibility index (Phi) is 4.81. The number of hydrogen-bond donors (Lipinski definition) is 2. The second-order valence-corrected chi connectivity index (χ2v) is 6.56. The monoisotopic (exact) mass is 314 g/mol. The summed E-state index contributed by atoms with van der Waals surface area (Å²) in [6, 6.07) is 4.33. The molecule has 0 fully saturated rings. The third-order valence-electron chi connectivity index (χ3n) is 3.04. The van der Waals surface area contributed by atoms with E-state index in [4.69, 9.17) is 9.84 Å². The Morgan fingerprint density at radius 1 is 1.38 bits per heavy atom. The molecule has 1 amide bonds. The molecule has 0 radical (unpaired) electrons. The Hall–Kier alpha value is -1.64. The van der Waals surface area contributed by atoms with Crippen molar-refractivity contribution in [3.05, 3.63) is 18.2 Å². The molecule has 1 aromatic carbocycles. The summed E-state index contributed by atoms with van der Waals surface area (Å²) in [6.07, 6.45) is 0.643. The van der Waals surface area contributed by atoms with Crippen LogP contribution in [0.5, 0.6) is 5.75 Å². The number of rotatable bonds is 6. The first kappa shape index (κ1) is 15.7. The highest BCUT2D eigenvalue weighted by Gasteiger charge is 2.26. The van der Waals surface area contributed by atoms with E-state index in [0.29, 0.717) is 24.4 Å². The minimum Gasteiger partial charge on any atom is -0.482 e. The molecule has 0 saturated heterocycles. The van der Waals surface area contributed by atoms with Gasteiger partial charge in [0, 0.05) is 13.1 Å². The number of aliphatic hydroxyl groups is 1. The maximum absolute atomic E-state index is 12.5. The zero-order valence-electron chi connectivity index (χ0n) is 11.7. The number of fused-ring (bicyclic) bond motifs is 1. The predicted molar refractivity (Wildman–Crippen MR) is 76.7 cm³/mol. The van der Waals surface area contributed by atoms with Gasteiger partial charge >= 0.3 is 0 Å². The minimum atomic E-state index is -3.71. The van der Waals surface area contributed by atoms with Crippen molar-refractivity contribution in [2.24, 2.45) is 0 Å². The lowest BCUT2D eigenvalue weighted by Crippen LogP contribution is -2.34. The van der Waals surface area contributed by atoms with Gasteiger partial charge in [-0.1, -0.05) is 6.92 Å². The van der Waals surface area contributed by atoms with E-state index < -0.39 is 10.0 Å². The quantitative estimate of drug-likeness (QED) is 0.793. The van der Waals surface area contributed by atoms with Crippen molar-refractivity contribution in [1.29, 1.82) is 0 Å². The predicted octanol–water partition coefficient (Wildman–Crippen LogP) is 0.410. The molecule has 21 heavy (non-hydrogen) atoms. The van der Waals surface area contributed by atoms with Crippen molar-refractivity contribution < 1.29 is 23.1 Å². The fourth-order valence-corrected chi connectivity index (χ4v) is 3.63. The average Bonchev–Trinajstić information content (AvgIpc) is 2.46. The number of nitrogens with one attached hydrogen (secondary N) is 1. The lowest BCUT2D eigenvalue weighted by atomic mass is 10.2. The molecule has 0 spiro atoms. The molecule has 116 valence electrons. The number of anilines is 1. The van der Waals surface area contributed by atoms with E-state index in [0.717, 1.165) is 0 Å². The Morgan fingerprint density at radius 2 is 2.14 bits per heavy atom. The van der Waals surface area contributed by atoms with Gasteiger partial charge < -0.3 is 15.2 Å². The van der Waals surface area contributed by atoms with Crippen molar-refractivity contribution in [2.75, 3.05) is 31.6 Å². The first-order chi connectivity index (χ1) is 9.98. The third kappa shape index (κ3) is 3.34. The molecule has 2 rings (SSSR count). The smallest absolute Gasteiger partial charge is 0.262 e. The molecule has 0 aliphatic carbocycles. The molecular weight excluding hydrogens is 296 g/mol. The number of hydrogen-bond acceptors (Lipinski definition) is 5. The zero-order chi connectivity index (χ0) is 15.5. The van der Waals surface area contributed by atoms with Crippen molar-refractivity contribution >= 4 is 21.6 Å². The first-order valence-electron chi connectivity index (χ1n) is 6.66. The summed E-state index contributed by atoms with van der Waals surface area (Å²) in [6.45, 7) is 1.90. The lowest BCUT2D eigenvalue weighted by Gasteiger charge is -2.22. The second-order valence-electron chi connectivity index (χ2n) is 4.62. The fourth-order valence-electron chi connectivity index (χ4n) is 2.08. The fraction of sp³-hybridized carbons (Fsp3) is 0.462. The Labute approximate surface area is 123 Å². The molecule has 1 aliphatic rings. The maximum atomic E-state index is 12.5. The number of benzene rings is 1. The molecule has 7 nitrogen and oxygen atoms in total. The number of nitrogens with zero attached hydrogens (tertiary/aromatic N) is 1. The molecule has 0 aromatic heterocycles. The maximum Gasteiger partial charge on any atom is 0.262 e. The van der Waals surface area contributed by atoms with E-state index in [2.05, 4.69) is 5.32 Å². The number of amides is 1. The molecule has 1 aliphatic heterocycles. The molecule has 2 N–H and O–H groups in total. The summed E-state index contributed by atoms with van der Waals surface area (Å²) >= 11 is 0. The summed E-state index contributed by atoms with van der Waals surface area (Å²) in [5.41, 5.74) is 0.341. The first-order valence-corrected chi connectivity index (χ1v) is 8.10. The topological polar surface area (TPSA) is 95.9 Å². The summed E-state index contributed by atoms with van der Waals surface area (Å²) in [7, 11) is -3.71. The van der Waals surface area contributed by atoms with Crippen molar-refractivity contribution in [3.8, 4) is 5.75 Å². The summed E-state index contributed by atoms with van der Waals surface area (Å²) in [5, 5.41) is 11.6. The molecule has 8 heteroatoms. The van der Waals surface area contributed by atoms with Crippen LogP contribution in [0.1, 0.15) is 13.3 Å². The van der Waals surface area contributed by atoms with E-state index in [1.807, 2.05) is 6.92 Å². The highest BCUT2D eigenvalue weighted by Crippen LogP contribution is 2.31. The van der Waals surface area contributed by atoms with E-state index in [1.165, 1.54) is 22.5 Å². The third-order valence-corrected chi connectivity index (χ3v) is 4.94. The van der Waals surface area contributed by atoms with Gasteiger partial charge in [0.25, 0.3) is 5.91 Å². The molecule has 0 unspecified atom stereocenters. The van der Waals surface area contributed by atoms with Crippen LogP contribution >= 0.6 is 0 Å². The van der Waals surface area contributed by atoms with E-state index in [9.17, 15) is 13.2 Å². The highest BCUT2D eigenvalue weighted by molar-refractivity contribution is 7.89. The van der Waals surface area contributed by atoms with Crippen LogP contribution in [0.25, 0.3) is 0 Å². The Bertz CT molecular complexity index is 623. The number of aliphatic hydroxyl groups excluding tert-OH is 1. The van der Waals surface area contributed by atoms with Gasteiger partial charge in [-0.3, -0.25) is 4.79 Å². The summed E-state index contributed by atoms with van der Waals surface area (Å²) in [4.78, 5) is 11.4. The van der Waals surface area contributed by atoms with Gasteiger partial charge in [0.05, 0.1) is 17.2 Å². The van der Waals surface area contributed by atoms with Crippen LogP contribution in [0, 0.1) is 0 Å². The van der Waals surface area contributed by atoms with Gasteiger partial charge in [-0.2, -0.15) is 4.31 Å². The summed E-state index contributed by atoms with van der Waals surface area (Å²) in [5.74, 6) is 0.121.